The fourth-order valence-corrected chi connectivity index (χ4v) is 2.58. The van der Waals surface area contributed by atoms with Crippen molar-refractivity contribution in [1.82, 2.24) is 4.98 Å². The van der Waals surface area contributed by atoms with E-state index in [1.807, 2.05) is 5.38 Å². The van der Waals surface area contributed by atoms with Gasteiger partial charge in [-0.15, -0.1) is 11.3 Å². The molecular formula is C15H14FNO2S. The van der Waals surface area contributed by atoms with Crippen molar-refractivity contribution in [3.63, 3.8) is 0 Å². The maximum Gasteiger partial charge on any atom is 0.338 e. The van der Waals surface area contributed by atoms with Gasteiger partial charge in [0.25, 0.3) is 0 Å². The topological polar surface area (TPSA) is 39.2 Å². The lowest BCUT2D eigenvalue weighted by Crippen LogP contribution is -2.07. The van der Waals surface area contributed by atoms with Gasteiger partial charge in [0.15, 0.2) is 0 Å². The van der Waals surface area contributed by atoms with Gasteiger partial charge >= 0.3 is 5.97 Å². The molecule has 20 heavy (non-hydrogen) atoms. The van der Waals surface area contributed by atoms with Crippen LogP contribution in [0, 0.1) is 11.7 Å². The van der Waals surface area contributed by atoms with Crippen molar-refractivity contribution in [2.45, 2.75) is 19.3 Å². The Kier molecular flexibility index (Phi) is 3.78. The van der Waals surface area contributed by atoms with E-state index in [1.165, 1.54) is 36.3 Å². The van der Waals surface area contributed by atoms with Gasteiger partial charge in [0.2, 0.25) is 0 Å². The fourth-order valence-electron chi connectivity index (χ4n) is 2.02. The van der Waals surface area contributed by atoms with E-state index in [1.54, 1.807) is 11.6 Å². The van der Waals surface area contributed by atoms with Crippen LogP contribution in [0.25, 0.3) is 11.3 Å². The number of rotatable bonds is 5. The summed E-state index contributed by atoms with van der Waals surface area (Å²) in [6, 6.07) is 4.20. The van der Waals surface area contributed by atoms with Crippen LogP contribution in [0.2, 0.25) is 0 Å². The van der Waals surface area contributed by atoms with Crippen LogP contribution in [0.4, 0.5) is 4.39 Å². The number of nitrogens with zero attached hydrogens (tertiary/aromatic N) is 1. The van der Waals surface area contributed by atoms with Crippen LogP contribution in [-0.4, -0.2) is 17.6 Å². The zero-order valence-corrected chi connectivity index (χ0v) is 11.7. The van der Waals surface area contributed by atoms with Crippen LogP contribution in [-0.2, 0) is 4.74 Å². The van der Waals surface area contributed by atoms with Crippen molar-refractivity contribution in [2.75, 3.05) is 6.61 Å². The molecule has 0 saturated heterocycles. The summed E-state index contributed by atoms with van der Waals surface area (Å²) in [6.45, 7) is 0.409. The summed E-state index contributed by atoms with van der Waals surface area (Å²) in [4.78, 5) is 16.0. The Labute approximate surface area is 120 Å². The summed E-state index contributed by atoms with van der Waals surface area (Å²) in [7, 11) is 0. The normalized spacial score (nSPS) is 14.2. The molecule has 0 radical (unpaired) electrons. The molecule has 1 saturated carbocycles. The van der Waals surface area contributed by atoms with Crippen molar-refractivity contribution < 1.29 is 13.9 Å². The molecule has 3 rings (SSSR count). The van der Waals surface area contributed by atoms with Gasteiger partial charge < -0.3 is 4.74 Å². The largest absolute Gasteiger partial charge is 0.462 e. The Bertz CT molecular complexity index is 608. The number of hydrogen-bond donors (Lipinski definition) is 0. The molecule has 1 fully saturated rings. The number of esters is 1. The van der Waals surface area contributed by atoms with Gasteiger partial charge in [0.05, 0.1) is 23.4 Å². The standard InChI is InChI=1S/C15H14FNO2S/c16-13-6-11(14-8-20-9-17-14)5-12(7-13)15(18)19-4-3-10-1-2-10/h5-10H,1-4H2. The zero-order valence-electron chi connectivity index (χ0n) is 10.8. The number of ether oxygens (including phenoxy) is 1. The summed E-state index contributed by atoms with van der Waals surface area (Å²) in [5.41, 5.74) is 3.18. The molecule has 0 bridgehead atoms. The van der Waals surface area contributed by atoms with E-state index in [4.69, 9.17) is 4.74 Å². The first-order chi connectivity index (χ1) is 9.72. The Morgan fingerprint density at radius 3 is 2.95 bits per heavy atom. The lowest BCUT2D eigenvalue weighted by atomic mass is 10.1. The van der Waals surface area contributed by atoms with Gasteiger partial charge in [0, 0.05) is 10.9 Å². The van der Waals surface area contributed by atoms with E-state index in [0.717, 1.165) is 6.42 Å². The monoisotopic (exact) mass is 291 g/mol. The molecule has 0 unspecified atom stereocenters. The molecule has 5 heteroatoms. The van der Waals surface area contributed by atoms with Crippen LogP contribution < -0.4 is 0 Å². The number of thiazole rings is 1. The maximum atomic E-state index is 13.6. The predicted molar refractivity (Wildman–Crippen MR) is 75.1 cm³/mol. The summed E-state index contributed by atoms with van der Waals surface area (Å²) < 4.78 is 18.8. The summed E-state index contributed by atoms with van der Waals surface area (Å²) in [5.74, 6) is -0.216. The maximum absolute atomic E-state index is 13.6. The lowest BCUT2D eigenvalue weighted by Gasteiger charge is -2.06. The van der Waals surface area contributed by atoms with Gasteiger partial charge in [0.1, 0.15) is 5.82 Å². The average molecular weight is 291 g/mol. The molecule has 1 aliphatic carbocycles. The average Bonchev–Trinajstić information content (AvgIpc) is 3.09. The highest BCUT2D eigenvalue weighted by atomic mass is 32.1. The number of hydrogen-bond acceptors (Lipinski definition) is 4. The Hall–Kier alpha value is -1.75. The van der Waals surface area contributed by atoms with Gasteiger partial charge in [-0.2, -0.15) is 0 Å². The van der Waals surface area contributed by atoms with Crippen molar-refractivity contribution in [1.29, 1.82) is 0 Å². The molecule has 1 heterocycles. The molecule has 3 nitrogen and oxygen atoms in total. The molecule has 0 amide bonds. The number of aromatic nitrogens is 1. The van der Waals surface area contributed by atoms with E-state index in [0.29, 0.717) is 23.8 Å². The van der Waals surface area contributed by atoms with Crippen molar-refractivity contribution >= 4 is 17.3 Å². The first-order valence-electron chi connectivity index (χ1n) is 6.58. The van der Waals surface area contributed by atoms with Crippen LogP contribution >= 0.6 is 11.3 Å². The highest BCUT2D eigenvalue weighted by Crippen LogP contribution is 2.32. The van der Waals surface area contributed by atoms with Crippen LogP contribution in [0.3, 0.4) is 0 Å². The lowest BCUT2D eigenvalue weighted by molar-refractivity contribution is 0.0494. The number of carbonyl (C=O) groups excluding carboxylic acids is 1. The Balaban J connectivity index is 1.72. The molecule has 104 valence electrons. The minimum absolute atomic E-state index is 0.240. The van der Waals surface area contributed by atoms with E-state index in [-0.39, 0.29) is 5.56 Å². The third-order valence-electron chi connectivity index (χ3n) is 3.32. The molecule has 1 aromatic heterocycles. The van der Waals surface area contributed by atoms with E-state index in [9.17, 15) is 9.18 Å². The summed E-state index contributed by atoms with van der Waals surface area (Å²) >= 11 is 1.43. The highest BCUT2D eigenvalue weighted by molar-refractivity contribution is 7.07. The summed E-state index contributed by atoms with van der Waals surface area (Å²) in [5, 5.41) is 1.82. The minimum Gasteiger partial charge on any atom is -0.462 e. The molecule has 0 N–H and O–H groups in total. The molecule has 0 aliphatic heterocycles. The van der Waals surface area contributed by atoms with E-state index in [2.05, 4.69) is 4.98 Å². The first kappa shape index (κ1) is 13.2. The molecule has 1 aromatic carbocycles. The zero-order chi connectivity index (χ0) is 13.9. The predicted octanol–water partition coefficient (Wildman–Crippen LogP) is 3.91. The highest BCUT2D eigenvalue weighted by Gasteiger charge is 2.21. The quantitative estimate of drug-likeness (QED) is 0.784. The number of carbonyl (C=O) groups is 1. The Morgan fingerprint density at radius 2 is 2.25 bits per heavy atom. The Morgan fingerprint density at radius 1 is 1.40 bits per heavy atom. The van der Waals surface area contributed by atoms with Gasteiger partial charge in [-0.1, -0.05) is 12.8 Å². The minimum atomic E-state index is -0.471. The molecule has 0 atom stereocenters. The first-order valence-corrected chi connectivity index (χ1v) is 7.53. The summed E-state index contributed by atoms with van der Waals surface area (Å²) in [6.07, 6.45) is 3.36. The second kappa shape index (κ2) is 5.71. The van der Waals surface area contributed by atoms with E-state index >= 15 is 0 Å². The van der Waals surface area contributed by atoms with Gasteiger partial charge in [-0.25, -0.2) is 14.2 Å². The fraction of sp³-hybridized carbons (Fsp3) is 0.333. The smallest absolute Gasteiger partial charge is 0.338 e. The van der Waals surface area contributed by atoms with E-state index < -0.39 is 11.8 Å². The van der Waals surface area contributed by atoms with Crippen molar-refractivity contribution in [3.8, 4) is 11.3 Å². The second-order valence-electron chi connectivity index (χ2n) is 4.97. The van der Waals surface area contributed by atoms with Crippen molar-refractivity contribution in [2.24, 2.45) is 5.92 Å². The molecule has 0 spiro atoms. The number of halogens is 1. The van der Waals surface area contributed by atoms with Gasteiger partial charge in [-0.05, 0) is 30.5 Å². The third kappa shape index (κ3) is 3.22. The SMILES string of the molecule is O=C(OCCC1CC1)c1cc(F)cc(-c2cscn2)c1. The van der Waals surface area contributed by atoms with Gasteiger partial charge in [-0.3, -0.25) is 0 Å². The number of benzene rings is 1. The van der Waals surface area contributed by atoms with Crippen LogP contribution in [0.1, 0.15) is 29.6 Å². The van der Waals surface area contributed by atoms with Crippen LogP contribution in [0.5, 0.6) is 0 Å². The molecule has 2 aromatic rings. The molecule has 1 aliphatic rings. The van der Waals surface area contributed by atoms with Crippen molar-refractivity contribution in [3.05, 3.63) is 40.5 Å². The molecular weight excluding hydrogens is 277 g/mol. The third-order valence-corrected chi connectivity index (χ3v) is 3.90. The second-order valence-corrected chi connectivity index (χ2v) is 5.69. The van der Waals surface area contributed by atoms with Crippen LogP contribution in [0.15, 0.2) is 29.1 Å².